The SMILES string of the molecule is NCC1CN(Cc2cccc3c2C(=O)N(C2CCC(=O)NC2=O)C3=O)CC12CCC2. The van der Waals surface area contributed by atoms with E-state index < -0.39 is 23.8 Å². The van der Waals surface area contributed by atoms with Crippen LogP contribution in [0.25, 0.3) is 0 Å². The van der Waals surface area contributed by atoms with Crippen LogP contribution in [-0.2, 0) is 16.1 Å². The summed E-state index contributed by atoms with van der Waals surface area (Å²) in [5.74, 6) is -1.38. The van der Waals surface area contributed by atoms with Crippen molar-refractivity contribution in [2.45, 2.75) is 44.7 Å². The number of imide groups is 2. The molecular formula is C22H26N4O4. The molecule has 1 spiro atoms. The van der Waals surface area contributed by atoms with Crippen LogP contribution in [0.4, 0.5) is 0 Å². The third-order valence-electron chi connectivity index (χ3n) is 7.47. The molecule has 1 aliphatic carbocycles. The molecule has 1 aromatic rings. The first-order valence-electron chi connectivity index (χ1n) is 10.7. The van der Waals surface area contributed by atoms with Gasteiger partial charge in [0.2, 0.25) is 11.8 Å². The molecule has 4 amide bonds. The van der Waals surface area contributed by atoms with Gasteiger partial charge in [0.05, 0.1) is 11.1 Å². The predicted molar refractivity (Wildman–Crippen MR) is 107 cm³/mol. The number of nitrogens with two attached hydrogens (primary N) is 1. The van der Waals surface area contributed by atoms with E-state index in [-0.39, 0.29) is 18.7 Å². The lowest BCUT2D eigenvalue weighted by atomic mass is 9.63. The molecule has 3 aliphatic heterocycles. The lowest BCUT2D eigenvalue weighted by Gasteiger charge is -2.42. The van der Waals surface area contributed by atoms with Crippen molar-refractivity contribution in [2.75, 3.05) is 19.6 Å². The molecule has 1 aromatic carbocycles. The lowest BCUT2D eigenvalue weighted by Crippen LogP contribution is -2.54. The number of fused-ring (bicyclic) bond motifs is 1. The van der Waals surface area contributed by atoms with E-state index >= 15 is 0 Å². The number of hydrogen-bond acceptors (Lipinski definition) is 6. The van der Waals surface area contributed by atoms with Gasteiger partial charge in [-0.05, 0) is 48.8 Å². The molecule has 3 N–H and O–H groups in total. The zero-order valence-corrected chi connectivity index (χ0v) is 16.9. The number of likely N-dealkylation sites (tertiary alicyclic amines) is 1. The van der Waals surface area contributed by atoms with Crippen molar-refractivity contribution in [2.24, 2.45) is 17.1 Å². The fourth-order valence-corrected chi connectivity index (χ4v) is 5.74. The zero-order valence-electron chi connectivity index (χ0n) is 16.9. The molecule has 0 aromatic heterocycles. The Morgan fingerprint density at radius 1 is 1.13 bits per heavy atom. The van der Waals surface area contributed by atoms with Crippen molar-refractivity contribution in [3.8, 4) is 0 Å². The van der Waals surface area contributed by atoms with Gasteiger partial charge in [0, 0.05) is 26.1 Å². The number of rotatable bonds is 4. The third-order valence-corrected chi connectivity index (χ3v) is 7.47. The molecular weight excluding hydrogens is 384 g/mol. The summed E-state index contributed by atoms with van der Waals surface area (Å²) >= 11 is 0. The average Bonchev–Trinajstić information content (AvgIpc) is 3.19. The highest BCUT2D eigenvalue weighted by molar-refractivity contribution is 6.24. The van der Waals surface area contributed by atoms with Crippen LogP contribution in [0.3, 0.4) is 0 Å². The number of carbonyl (C=O) groups excluding carboxylic acids is 4. The summed E-state index contributed by atoms with van der Waals surface area (Å²) < 4.78 is 0. The van der Waals surface area contributed by atoms with Crippen molar-refractivity contribution in [3.05, 3.63) is 34.9 Å². The summed E-state index contributed by atoms with van der Waals surface area (Å²) in [5, 5.41) is 2.24. The zero-order chi connectivity index (χ0) is 21.0. The maximum absolute atomic E-state index is 13.2. The monoisotopic (exact) mass is 410 g/mol. The van der Waals surface area contributed by atoms with Gasteiger partial charge in [-0.25, -0.2) is 0 Å². The number of hydrogen-bond donors (Lipinski definition) is 2. The van der Waals surface area contributed by atoms with Crippen LogP contribution < -0.4 is 11.1 Å². The number of piperidine rings is 1. The smallest absolute Gasteiger partial charge is 0.262 e. The molecule has 158 valence electrons. The van der Waals surface area contributed by atoms with Gasteiger partial charge in [0.1, 0.15) is 6.04 Å². The molecule has 2 unspecified atom stereocenters. The molecule has 0 bridgehead atoms. The fourth-order valence-electron chi connectivity index (χ4n) is 5.74. The van der Waals surface area contributed by atoms with Crippen LogP contribution in [0, 0.1) is 11.3 Å². The second kappa shape index (κ2) is 6.99. The Bertz CT molecular complexity index is 954. The van der Waals surface area contributed by atoms with Crippen LogP contribution in [0.15, 0.2) is 18.2 Å². The molecule has 8 nitrogen and oxygen atoms in total. The fraction of sp³-hybridized carbons (Fsp3) is 0.545. The number of carbonyl (C=O) groups is 4. The van der Waals surface area contributed by atoms with Gasteiger partial charge < -0.3 is 5.73 Å². The summed E-state index contributed by atoms with van der Waals surface area (Å²) in [6, 6.07) is 4.39. The second-order valence-corrected chi connectivity index (χ2v) is 9.11. The van der Waals surface area contributed by atoms with E-state index in [1.165, 1.54) is 19.3 Å². The standard InChI is InChI=1S/C22H26N4O4/c23-9-14-11-25(12-22(14)7-2-8-22)10-13-3-1-4-15-18(13)21(30)26(20(15)29)16-5-6-17(27)24-19(16)28/h1,3-4,14,16H,2,5-12,23H2,(H,24,27,28). The lowest BCUT2D eigenvalue weighted by molar-refractivity contribution is -0.136. The van der Waals surface area contributed by atoms with Crippen molar-refractivity contribution in [1.82, 2.24) is 15.1 Å². The quantitative estimate of drug-likeness (QED) is 0.705. The minimum Gasteiger partial charge on any atom is -0.330 e. The van der Waals surface area contributed by atoms with E-state index in [0.29, 0.717) is 35.5 Å². The van der Waals surface area contributed by atoms with Gasteiger partial charge in [0.15, 0.2) is 0 Å². The molecule has 4 aliphatic rings. The Morgan fingerprint density at radius 3 is 2.57 bits per heavy atom. The van der Waals surface area contributed by atoms with E-state index in [4.69, 9.17) is 5.73 Å². The Labute approximate surface area is 174 Å². The molecule has 5 rings (SSSR count). The highest BCUT2D eigenvalue weighted by Crippen LogP contribution is 2.51. The third kappa shape index (κ3) is 2.81. The minimum absolute atomic E-state index is 0.118. The molecule has 8 heteroatoms. The molecule has 3 heterocycles. The summed E-state index contributed by atoms with van der Waals surface area (Å²) in [5.41, 5.74) is 7.90. The Morgan fingerprint density at radius 2 is 1.93 bits per heavy atom. The molecule has 2 saturated heterocycles. The van der Waals surface area contributed by atoms with Gasteiger partial charge in [-0.15, -0.1) is 0 Å². The number of nitrogens with zero attached hydrogens (tertiary/aromatic N) is 2. The number of amides is 4. The Balaban J connectivity index is 1.40. The first-order valence-corrected chi connectivity index (χ1v) is 10.7. The summed E-state index contributed by atoms with van der Waals surface area (Å²) in [6.45, 7) is 3.13. The van der Waals surface area contributed by atoms with Crippen LogP contribution >= 0.6 is 0 Å². The second-order valence-electron chi connectivity index (χ2n) is 9.11. The summed E-state index contributed by atoms with van der Waals surface area (Å²) in [7, 11) is 0. The maximum atomic E-state index is 13.2. The van der Waals surface area contributed by atoms with Gasteiger partial charge in [0.25, 0.3) is 11.8 Å². The van der Waals surface area contributed by atoms with Crippen LogP contribution in [0.1, 0.15) is 58.4 Å². The normalized spacial score (nSPS) is 28.1. The molecule has 2 atom stereocenters. The van der Waals surface area contributed by atoms with E-state index in [0.717, 1.165) is 23.6 Å². The van der Waals surface area contributed by atoms with E-state index in [9.17, 15) is 19.2 Å². The largest absolute Gasteiger partial charge is 0.330 e. The van der Waals surface area contributed by atoms with Gasteiger partial charge in [-0.1, -0.05) is 18.6 Å². The Kier molecular flexibility index (Phi) is 4.52. The van der Waals surface area contributed by atoms with E-state index in [2.05, 4.69) is 10.2 Å². The average molecular weight is 410 g/mol. The highest BCUT2D eigenvalue weighted by atomic mass is 16.2. The maximum Gasteiger partial charge on any atom is 0.262 e. The van der Waals surface area contributed by atoms with E-state index in [1.54, 1.807) is 12.1 Å². The first kappa shape index (κ1) is 19.4. The van der Waals surface area contributed by atoms with Crippen LogP contribution in [-0.4, -0.2) is 59.1 Å². The van der Waals surface area contributed by atoms with E-state index in [1.807, 2.05) is 6.07 Å². The van der Waals surface area contributed by atoms with Gasteiger partial charge >= 0.3 is 0 Å². The van der Waals surface area contributed by atoms with Crippen molar-refractivity contribution in [1.29, 1.82) is 0 Å². The van der Waals surface area contributed by atoms with Gasteiger partial charge in [-0.3, -0.25) is 34.3 Å². The highest BCUT2D eigenvalue weighted by Gasteiger charge is 2.50. The number of benzene rings is 1. The van der Waals surface area contributed by atoms with Gasteiger partial charge in [-0.2, -0.15) is 0 Å². The Hall–Kier alpha value is -2.58. The molecule has 30 heavy (non-hydrogen) atoms. The summed E-state index contributed by atoms with van der Waals surface area (Å²) in [6.07, 6.45) is 3.95. The molecule has 0 radical (unpaired) electrons. The van der Waals surface area contributed by atoms with Crippen molar-refractivity contribution in [3.63, 3.8) is 0 Å². The van der Waals surface area contributed by atoms with Crippen LogP contribution in [0.5, 0.6) is 0 Å². The van der Waals surface area contributed by atoms with Crippen molar-refractivity contribution >= 4 is 23.6 Å². The van der Waals surface area contributed by atoms with Crippen LogP contribution in [0.2, 0.25) is 0 Å². The predicted octanol–water partition coefficient (Wildman–Crippen LogP) is 0.649. The molecule has 1 saturated carbocycles. The first-order chi connectivity index (χ1) is 14.4. The summed E-state index contributed by atoms with van der Waals surface area (Å²) in [4.78, 5) is 53.4. The van der Waals surface area contributed by atoms with Crippen molar-refractivity contribution < 1.29 is 19.2 Å². The topological polar surface area (TPSA) is 113 Å². The molecule has 3 fully saturated rings. The number of nitrogens with one attached hydrogen (secondary N) is 1. The minimum atomic E-state index is -0.936.